The zero-order valence-electron chi connectivity index (χ0n) is 29.0. The van der Waals surface area contributed by atoms with Crippen molar-refractivity contribution in [3.63, 3.8) is 0 Å². The van der Waals surface area contributed by atoms with E-state index in [1.165, 1.54) is 33.7 Å². The third-order valence-corrected chi connectivity index (χ3v) is 5.39. The van der Waals surface area contributed by atoms with Crippen molar-refractivity contribution >= 4 is 29.2 Å². The number of hydrogen-bond donors (Lipinski definition) is 0. The van der Waals surface area contributed by atoms with E-state index < -0.39 is 20.6 Å². The summed E-state index contributed by atoms with van der Waals surface area (Å²) < 4.78 is 13.6. The minimum Gasteiger partial charge on any atom is -1.00 e. The molecule has 6 rings (SSSR count). The van der Waals surface area contributed by atoms with Gasteiger partial charge in [0.25, 0.3) is 23.5 Å². The molecule has 0 spiro atoms. The molecule has 3 aromatic carbocycles. The van der Waals surface area contributed by atoms with Crippen LogP contribution in [-0.4, -0.2) is 73.9 Å². The number of carbonyl (C=O) groups is 1. The van der Waals surface area contributed by atoms with Crippen LogP contribution < -0.4 is 108 Å². The fourth-order valence-electron chi connectivity index (χ4n) is 3.12. The first-order valence-corrected chi connectivity index (χ1v) is 13.4. The third kappa shape index (κ3) is 17.4. The van der Waals surface area contributed by atoms with E-state index in [2.05, 4.69) is 51.3 Å². The van der Waals surface area contributed by atoms with Crippen molar-refractivity contribution in [2.75, 3.05) is 6.54 Å². The molecule has 26 heteroatoms. The van der Waals surface area contributed by atoms with Crippen LogP contribution in [0.5, 0.6) is 0 Å². The Bertz CT molecular complexity index is 1930. The Balaban J connectivity index is 0. The Hall–Kier alpha value is -4.10. The average molecular weight is 775 g/mol. The Morgan fingerprint density at radius 2 is 1.23 bits per heavy atom. The number of nitro benzene ring substituents is 3. The van der Waals surface area contributed by atoms with Gasteiger partial charge in [-0.25, -0.2) is 4.39 Å². The topological polar surface area (TPSA) is 303 Å². The summed E-state index contributed by atoms with van der Waals surface area (Å²) in [6.07, 6.45) is 0. The molecule has 0 saturated heterocycles. The van der Waals surface area contributed by atoms with Crippen LogP contribution in [0.3, 0.4) is 0 Å². The molecule has 23 nitrogen and oxygen atoms in total. The molecule has 0 atom stereocenters. The molecule has 262 valence electrons. The van der Waals surface area contributed by atoms with Gasteiger partial charge < -0.3 is 11.6 Å². The largest absolute Gasteiger partial charge is 1.00 e. The van der Waals surface area contributed by atoms with Gasteiger partial charge in [-0.15, -0.1) is 25.2 Å². The number of halogens is 1. The summed E-state index contributed by atoms with van der Waals surface area (Å²) in [7, 11) is 0. The number of benzene rings is 3. The van der Waals surface area contributed by atoms with Crippen molar-refractivity contribution in [3.05, 3.63) is 121 Å². The number of hydrogen-bond acceptors (Lipinski definition) is 18. The number of nitro groups is 3. The van der Waals surface area contributed by atoms with E-state index in [9.17, 15) is 34.7 Å². The first-order chi connectivity index (χ1) is 23.9. The SMILES string of the molecule is CC1=NN=NC1.Cc1nnn(-c2ccc([N+](=O)[O-])cc2)n1.Cc1nnnn1-c1ccc([N+](=O)[O-])cc1.O=CO[O-].O=[N+]([O-])c1ccc(F)cc1.[H-].[K+].[K+]. The molecule has 1 aliphatic heterocycles. The molecule has 2 aromatic heterocycles. The second-order valence-corrected chi connectivity index (χ2v) is 8.96. The Morgan fingerprint density at radius 3 is 1.54 bits per heavy atom. The molecule has 5 aromatic rings. The number of non-ortho nitro benzene ring substituents is 3. The van der Waals surface area contributed by atoms with E-state index in [0.29, 0.717) is 29.6 Å². The maximum Gasteiger partial charge on any atom is 1.00 e. The van der Waals surface area contributed by atoms with Crippen LogP contribution in [0, 0.1) is 50.0 Å². The number of aromatic nitrogens is 8. The van der Waals surface area contributed by atoms with Crippen LogP contribution in [0.25, 0.3) is 11.4 Å². The molecule has 0 fully saturated rings. The third-order valence-electron chi connectivity index (χ3n) is 5.39. The standard InChI is InChI=1S/2C8H7N5O2.C6H4FNO2.C3H5N3.CH2O3.2K.H/c1-6-9-10-11-12(6)7-2-4-8(5-3-7)13(14)15;1-6-9-11-12(10-6)7-2-4-8(5-3-7)13(14)15;7-5-1-3-6(4-2-5)8(9)10;1-3-2-4-6-5-3;2-1-4-3;;;/h2*2-5H,1H3;1-4H;2H2,1H3;1,3H;;;/q;;;;;2*+1;-1/p-1. The van der Waals surface area contributed by atoms with Crippen LogP contribution >= 0.6 is 0 Å². The van der Waals surface area contributed by atoms with E-state index in [-0.39, 0.29) is 128 Å². The fourth-order valence-corrected chi connectivity index (χ4v) is 3.12. The number of rotatable bonds is 6. The van der Waals surface area contributed by atoms with Crippen molar-refractivity contribution in [2.24, 2.45) is 15.4 Å². The first kappa shape index (κ1) is 47.9. The molecule has 0 bridgehead atoms. The normalized spacial score (nSPS) is 10.2. The van der Waals surface area contributed by atoms with E-state index in [0.717, 1.165) is 30.0 Å². The van der Waals surface area contributed by atoms with Crippen LogP contribution in [0.1, 0.15) is 20.0 Å². The molecule has 0 unspecified atom stereocenters. The minimum atomic E-state index is -0.570. The second kappa shape index (κ2) is 25.8. The molecule has 0 amide bonds. The number of aryl methyl sites for hydroxylation is 2. The Kier molecular flexibility index (Phi) is 23.8. The van der Waals surface area contributed by atoms with Gasteiger partial charge in [0, 0.05) is 36.4 Å². The Labute approximate surface area is 378 Å². The van der Waals surface area contributed by atoms with Gasteiger partial charge in [0.1, 0.15) is 12.4 Å². The molecular weight excluding hydrogens is 750 g/mol. The smallest absolute Gasteiger partial charge is 1.00 e. The maximum absolute atomic E-state index is 12.1. The monoisotopic (exact) mass is 774 g/mol. The van der Waals surface area contributed by atoms with Crippen LogP contribution in [0.4, 0.5) is 21.5 Å². The molecule has 0 N–H and O–H groups in total. The number of tetrazole rings is 2. The Morgan fingerprint density at radius 1 is 0.769 bits per heavy atom. The predicted octanol–water partition coefficient (Wildman–Crippen LogP) is -3.12. The van der Waals surface area contributed by atoms with Gasteiger partial charge in [-0.3, -0.25) is 35.1 Å². The van der Waals surface area contributed by atoms with Crippen molar-refractivity contribution in [3.8, 4) is 11.4 Å². The second-order valence-electron chi connectivity index (χ2n) is 8.96. The zero-order chi connectivity index (χ0) is 37.1. The summed E-state index contributed by atoms with van der Waals surface area (Å²) in [5, 5.41) is 72.2. The van der Waals surface area contributed by atoms with Gasteiger partial charge in [0.15, 0.2) is 11.6 Å². The van der Waals surface area contributed by atoms with E-state index in [4.69, 9.17) is 10.1 Å². The predicted molar refractivity (Wildman–Crippen MR) is 165 cm³/mol. The molecule has 0 radical (unpaired) electrons. The summed E-state index contributed by atoms with van der Waals surface area (Å²) in [5.41, 5.74) is 2.32. The minimum absolute atomic E-state index is 0. The van der Waals surface area contributed by atoms with Gasteiger partial charge >= 0.3 is 103 Å². The summed E-state index contributed by atoms with van der Waals surface area (Å²) in [5.74, 6) is 0.711. The van der Waals surface area contributed by atoms with Crippen molar-refractivity contribution in [2.45, 2.75) is 20.8 Å². The molecular formula is C26H25FK2N14O9. The fraction of sp³-hybridized carbons (Fsp3) is 0.154. The first-order valence-electron chi connectivity index (χ1n) is 13.4. The molecule has 52 heavy (non-hydrogen) atoms. The summed E-state index contributed by atoms with van der Waals surface area (Å²) in [6, 6.07) is 16.3. The van der Waals surface area contributed by atoms with Crippen molar-refractivity contribution in [1.29, 1.82) is 0 Å². The molecule has 1 aliphatic rings. The van der Waals surface area contributed by atoms with E-state index >= 15 is 0 Å². The zero-order valence-corrected chi connectivity index (χ0v) is 34.3. The maximum atomic E-state index is 12.1. The van der Waals surface area contributed by atoms with Crippen molar-refractivity contribution in [1.82, 2.24) is 40.4 Å². The molecule has 0 saturated carbocycles. The van der Waals surface area contributed by atoms with Crippen LogP contribution in [0.2, 0.25) is 0 Å². The quantitative estimate of drug-likeness (QED) is 0.0542. The van der Waals surface area contributed by atoms with Gasteiger partial charge in [-0.2, -0.15) is 9.80 Å². The van der Waals surface area contributed by atoms with Gasteiger partial charge in [-0.1, -0.05) is 0 Å². The number of nitrogens with zero attached hydrogens (tertiary/aromatic N) is 14. The van der Waals surface area contributed by atoms with Crippen molar-refractivity contribution < 1.29 is 138 Å². The van der Waals surface area contributed by atoms with Gasteiger partial charge in [-0.05, 0) is 78.0 Å². The van der Waals surface area contributed by atoms with Crippen LogP contribution in [-0.2, 0) is 9.68 Å². The van der Waals surface area contributed by atoms with Gasteiger partial charge in [0.05, 0.1) is 31.9 Å². The summed E-state index contributed by atoms with van der Waals surface area (Å²) >= 11 is 0. The van der Waals surface area contributed by atoms with E-state index in [1.54, 1.807) is 38.1 Å². The average Bonchev–Trinajstić information content (AvgIpc) is 3.89. The number of carbonyl (C=O) groups excluding carboxylic acids is 1. The van der Waals surface area contributed by atoms with Gasteiger partial charge in [0.2, 0.25) is 0 Å². The summed E-state index contributed by atoms with van der Waals surface area (Å²) in [6.45, 7) is 5.89. The molecule has 0 aliphatic carbocycles. The van der Waals surface area contributed by atoms with Crippen LogP contribution in [0.15, 0.2) is 88.2 Å². The molecule has 3 heterocycles. The summed E-state index contributed by atoms with van der Waals surface area (Å²) in [4.78, 5) is 41.9. The van der Waals surface area contributed by atoms with E-state index in [1.807, 2.05) is 6.92 Å².